The molecule has 0 aromatic heterocycles. The number of methoxy groups -OCH3 is 1. The van der Waals surface area contributed by atoms with Crippen molar-refractivity contribution in [2.24, 2.45) is 0 Å². The van der Waals surface area contributed by atoms with Crippen LogP contribution in [0.15, 0.2) is 12.7 Å². The highest BCUT2D eigenvalue weighted by molar-refractivity contribution is 5.68. The van der Waals surface area contributed by atoms with Gasteiger partial charge < -0.3 is 4.74 Å². The molecule has 0 saturated heterocycles. The molecule has 0 radical (unpaired) electrons. The second-order valence-corrected chi connectivity index (χ2v) is 6.29. The first-order valence-corrected chi connectivity index (χ1v) is 9.90. The average molecular weight is 327 g/mol. The largest absolute Gasteiger partial charge is 0.469 e. The summed E-state index contributed by atoms with van der Waals surface area (Å²) in [4.78, 5) is 10.7. The second kappa shape index (κ2) is 23.5. The van der Waals surface area contributed by atoms with E-state index in [1.54, 1.807) is 0 Å². The number of hydrogen-bond acceptors (Lipinski definition) is 2. The van der Waals surface area contributed by atoms with E-state index in [1.165, 1.54) is 90.6 Å². The molecule has 2 heteroatoms. The van der Waals surface area contributed by atoms with Crippen molar-refractivity contribution < 1.29 is 9.53 Å². The molecule has 0 aromatic rings. The van der Waals surface area contributed by atoms with Crippen molar-refractivity contribution in [1.29, 1.82) is 0 Å². The van der Waals surface area contributed by atoms with Gasteiger partial charge in [0.1, 0.15) is 0 Å². The van der Waals surface area contributed by atoms with Crippen molar-refractivity contribution in [2.75, 3.05) is 7.11 Å². The Balaban J connectivity index is 0. The maximum atomic E-state index is 10.7. The minimum Gasteiger partial charge on any atom is -0.469 e. The van der Waals surface area contributed by atoms with Gasteiger partial charge in [0.15, 0.2) is 0 Å². The van der Waals surface area contributed by atoms with Gasteiger partial charge in [0.05, 0.1) is 7.11 Å². The second-order valence-electron chi connectivity index (χ2n) is 6.29. The molecular weight excluding hydrogens is 284 g/mol. The lowest BCUT2D eigenvalue weighted by Gasteiger charge is -2.00. The van der Waals surface area contributed by atoms with Gasteiger partial charge in [-0.15, -0.1) is 6.58 Å². The SMILES string of the molecule is C=CCCCCCCCC.CCCCCCCCCC(=O)OC. The van der Waals surface area contributed by atoms with Gasteiger partial charge in [-0.05, 0) is 19.3 Å². The van der Waals surface area contributed by atoms with E-state index < -0.39 is 0 Å². The first kappa shape index (κ1) is 24.5. The lowest BCUT2D eigenvalue weighted by Crippen LogP contribution is -1.99. The van der Waals surface area contributed by atoms with E-state index in [0.29, 0.717) is 6.42 Å². The average Bonchev–Trinajstić information content (AvgIpc) is 2.57. The van der Waals surface area contributed by atoms with Crippen LogP contribution in [0.3, 0.4) is 0 Å². The quantitative estimate of drug-likeness (QED) is 0.180. The maximum Gasteiger partial charge on any atom is 0.305 e. The summed E-state index contributed by atoms with van der Waals surface area (Å²) >= 11 is 0. The van der Waals surface area contributed by atoms with Crippen LogP contribution in [-0.4, -0.2) is 13.1 Å². The predicted molar refractivity (Wildman–Crippen MR) is 103 cm³/mol. The topological polar surface area (TPSA) is 26.3 Å². The molecule has 0 aliphatic carbocycles. The fraction of sp³-hybridized carbons (Fsp3) is 0.857. The summed E-state index contributed by atoms with van der Waals surface area (Å²) in [5, 5.41) is 0. The molecule has 0 heterocycles. The Hall–Kier alpha value is -0.790. The number of carbonyl (C=O) groups is 1. The smallest absolute Gasteiger partial charge is 0.305 e. The van der Waals surface area contributed by atoms with Gasteiger partial charge in [-0.25, -0.2) is 0 Å². The van der Waals surface area contributed by atoms with Crippen molar-refractivity contribution in [1.82, 2.24) is 0 Å². The summed E-state index contributed by atoms with van der Waals surface area (Å²) in [5.74, 6) is -0.0754. The fourth-order valence-corrected chi connectivity index (χ4v) is 2.40. The van der Waals surface area contributed by atoms with E-state index in [2.05, 4.69) is 25.2 Å². The van der Waals surface area contributed by atoms with Crippen LogP contribution in [-0.2, 0) is 9.53 Å². The Morgan fingerprint density at radius 2 is 1.22 bits per heavy atom. The normalized spacial score (nSPS) is 9.87. The lowest BCUT2D eigenvalue weighted by molar-refractivity contribution is -0.140. The summed E-state index contributed by atoms with van der Waals surface area (Å²) in [6.45, 7) is 8.17. The van der Waals surface area contributed by atoms with Crippen LogP contribution in [0.2, 0.25) is 0 Å². The highest BCUT2D eigenvalue weighted by Crippen LogP contribution is 2.08. The summed E-state index contributed by atoms with van der Waals surface area (Å²) in [5.41, 5.74) is 0. The zero-order chi connectivity index (χ0) is 17.6. The van der Waals surface area contributed by atoms with E-state index in [-0.39, 0.29) is 5.97 Å². The van der Waals surface area contributed by atoms with Crippen LogP contribution in [0.25, 0.3) is 0 Å². The third kappa shape index (κ3) is 26.4. The summed E-state index contributed by atoms with van der Waals surface area (Å²) in [6, 6.07) is 0. The summed E-state index contributed by atoms with van der Waals surface area (Å²) in [7, 11) is 1.45. The Morgan fingerprint density at radius 1 is 0.783 bits per heavy atom. The van der Waals surface area contributed by atoms with Crippen LogP contribution in [0.5, 0.6) is 0 Å². The van der Waals surface area contributed by atoms with Gasteiger partial charge in [-0.3, -0.25) is 4.79 Å². The third-order valence-electron chi connectivity index (χ3n) is 3.97. The number of rotatable bonds is 15. The molecule has 0 amide bonds. The van der Waals surface area contributed by atoms with Crippen LogP contribution in [0.4, 0.5) is 0 Å². The molecule has 0 rings (SSSR count). The first-order valence-electron chi connectivity index (χ1n) is 9.90. The van der Waals surface area contributed by atoms with Gasteiger partial charge in [0.25, 0.3) is 0 Å². The Bertz CT molecular complexity index is 236. The molecule has 0 unspecified atom stereocenters. The molecule has 2 nitrogen and oxygen atoms in total. The van der Waals surface area contributed by atoms with Crippen molar-refractivity contribution in [3.63, 3.8) is 0 Å². The van der Waals surface area contributed by atoms with E-state index >= 15 is 0 Å². The van der Waals surface area contributed by atoms with Crippen molar-refractivity contribution in [3.05, 3.63) is 12.7 Å². The predicted octanol–water partition coefficient (Wildman–Crippen LogP) is 7.22. The zero-order valence-corrected chi connectivity index (χ0v) is 16.2. The molecule has 0 aromatic carbocycles. The molecule has 0 atom stereocenters. The first-order chi connectivity index (χ1) is 11.2. The van der Waals surface area contributed by atoms with E-state index in [4.69, 9.17) is 0 Å². The Kier molecular flexibility index (Phi) is 25.0. The lowest BCUT2D eigenvalue weighted by atomic mass is 10.1. The van der Waals surface area contributed by atoms with Gasteiger partial charge in [0, 0.05) is 6.42 Å². The fourth-order valence-electron chi connectivity index (χ4n) is 2.40. The Morgan fingerprint density at radius 3 is 1.65 bits per heavy atom. The summed E-state index contributed by atoms with van der Waals surface area (Å²) < 4.78 is 4.56. The van der Waals surface area contributed by atoms with Gasteiger partial charge in [-0.2, -0.15) is 0 Å². The molecule has 0 aliphatic heterocycles. The molecule has 138 valence electrons. The number of esters is 1. The molecule has 0 N–H and O–H groups in total. The Labute approximate surface area is 146 Å². The molecule has 0 bridgehead atoms. The molecule has 0 aliphatic rings. The van der Waals surface area contributed by atoms with E-state index in [0.717, 1.165) is 6.42 Å². The number of ether oxygens (including phenoxy) is 1. The van der Waals surface area contributed by atoms with Gasteiger partial charge in [-0.1, -0.05) is 90.6 Å². The molecule has 0 fully saturated rings. The van der Waals surface area contributed by atoms with Gasteiger partial charge in [0.2, 0.25) is 0 Å². The van der Waals surface area contributed by atoms with Crippen molar-refractivity contribution in [2.45, 2.75) is 110 Å². The number of allylic oxidation sites excluding steroid dienone is 1. The van der Waals surface area contributed by atoms with Crippen molar-refractivity contribution in [3.8, 4) is 0 Å². The minimum atomic E-state index is -0.0754. The maximum absolute atomic E-state index is 10.7. The number of carbonyl (C=O) groups excluding carboxylic acids is 1. The highest BCUT2D eigenvalue weighted by atomic mass is 16.5. The summed E-state index contributed by atoms with van der Waals surface area (Å²) in [6.07, 6.45) is 20.8. The number of unbranched alkanes of at least 4 members (excludes halogenated alkanes) is 12. The van der Waals surface area contributed by atoms with Crippen LogP contribution in [0.1, 0.15) is 110 Å². The molecule has 0 saturated carbocycles. The monoisotopic (exact) mass is 326 g/mol. The third-order valence-corrected chi connectivity index (χ3v) is 3.97. The van der Waals surface area contributed by atoms with Gasteiger partial charge >= 0.3 is 5.97 Å². The molecule has 0 spiro atoms. The van der Waals surface area contributed by atoms with Crippen LogP contribution < -0.4 is 0 Å². The van der Waals surface area contributed by atoms with Crippen LogP contribution in [0, 0.1) is 0 Å². The molecule has 23 heavy (non-hydrogen) atoms. The minimum absolute atomic E-state index is 0.0754. The van der Waals surface area contributed by atoms with Crippen molar-refractivity contribution >= 4 is 5.97 Å². The van der Waals surface area contributed by atoms with E-state index in [9.17, 15) is 4.79 Å². The zero-order valence-electron chi connectivity index (χ0n) is 16.2. The van der Waals surface area contributed by atoms with Crippen LogP contribution >= 0.6 is 0 Å². The highest BCUT2D eigenvalue weighted by Gasteiger charge is 1.98. The molecular formula is C21H42O2. The number of hydrogen-bond donors (Lipinski definition) is 0. The standard InChI is InChI=1S/C11H22O2.C10H20/c1-3-4-5-6-7-8-9-10-11(12)13-2;1-3-5-7-9-10-8-6-4-2/h3-10H2,1-2H3;3H,1,4-10H2,2H3. The van der Waals surface area contributed by atoms with E-state index in [1.807, 2.05) is 6.08 Å².